The van der Waals surface area contributed by atoms with E-state index in [1.54, 1.807) is 42.3 Å². The van der Waals surface area contributed by atoms with E-state index in [1.807, 2.05) is 30.3 Å². The number of fused-ring (bicyclic) bond motifs is 1. The lowest BCUT2D eigenvalue weighted by Gasteiger charge is -2.32. The molecule has 1 aliphatic heterocycles. The molecule has 1 fully saturated rings. The average Bonchev–Trinajstić information content (AvgIpc) is 2.78. The number of nitrogens with zero attached hydrogens (tertiary/aromatic N) is 1. The fraction of sp³-hybridized carbons (Fsp3) is 0.250. The van der Waals surface area contributed by atoms with Gasteiger partial charge in [0, 0.05) is 34.7 Å². The number of nitrogens with one attached hydrogen (secondary N) is 1. The summed E-state index contributed by atoms with van der Waals surface area (Å²) in [6.45, 7) is 1.03. The summed E-state index contributed by atoms with van der Waals surface area (Å²) in [6, 6.07) is 18.4. The summed E-state index contributed by atoms with van der Waals surface area (Å²) >= 11 is 6.00. The van der Waals surface area contributed by atoms with Crippen molar-refractivity contribution in [2.45, 2.75) is 12.8 Å². The molecule has 154 valence electrons. The van der Waals surface area contributed by atoms with Gasteiger partial charge in [0.05, 0.1) is 13.0 Å². The number of ether oxygens (including phenoxy) is 1. The van der Waals surface area contributed by atoms with Gasteiger partial charge < -0.3 is 15.0 Å². The first-order valence-corrected chi connectivity index (χ1v) is 10.4. The molecule has 1 atom stereocenters. The maximum atomic E-state index is 13.3. The molecule has 1 saturated heterocycles. The Labute approximate surface area is 180 Å². The van der Waals surface area contributed by atoms with Crippen molar-refractivity contribution in [3.05, 3.63) is 71.2 Å². The molecule has 3 aromatic rings. The lowest BCUT2D eigenvalue weighted by molar-refractivity contribution is -0.121. The lowest BCUT2D eigenvalue weighted by atomic mass is 9.95. The van der Waals surface area contributed by atoms with Gasteiger partial charge in [-0.25, -0.2) is 0 Å². The molecule has 0 bridgehead atoms. The largest absolute Gasteiger partial charge is 0.496 e. The number of benzene rings is 3. The van der Waals surface area contributed by atoms with Gasteiger partial charge in [0.1, 0.15) is 5.75 Å². The fourth-order valence-electron chi connectivity index (χ4n) is 3.99. The second-order valence-electron chi connectivity index (χ2n) is 7.45. The van der Waals surface area contributed by atoms with E-state index < -0.39 is 0 Å². The Morgan fingerprint density at radius 3 is 2.63 bits per heavy atom. The molecular weight excluding hydrogens is 400 g/mol. The van der Waals surface area contributed by atoms with Crippen LogP contribution in [-0.4, -0.2) is 36.9 Å². The molecule has 30 heavy (non-hydrogen) atoms. The average molecular weight is 423 g/mol. The van der Waals surface area contributed by atoms with Gasteiger partial charge in [0.25, 0.3) is 5.91 Å². The van der Waals surface area contributed by atoms with Gasteiger partial charge in [0.15, 0.2) is 0 Å². The Kier molecular flexibility index (Phi) is 5.91. The lowest BCUT2D eigenvalue weighted by Crippen LogP contribution is -2.43. The molecular formula is C24H23ClN2O3. The topological polar surface area (TPSA) is 58.6 Å². The van der Waals surface area contributed by atoms with Crippen molar-refractivity contribution in [2.75, 3.05) is 25.5 Å². The minimum atomic E-state index is -0.258. The fourth-order valence-corrected chi connectivity index (χ4v) is 4.18. The van der Waals surface area contributed by atoms with Crippen LogP contribution in [0.2, 0.25) is 5.02 Å². The molecule has 3 aromatic carbocycles. The number of rotatable bonds is 4. The van der Waals surface area contributed by atoms with Crippen molar-refractivity contribution in [2.24, 2.45) is 5.92 Å². The van der Waals surface area contributed by atoms with Crippen LogP contribution in [0.1, 0.15) is 23.2 Å². The second-order valence-corrected chi connectivity index (χ2v) is 7.89. The van der Waals surface area contributed by atoms with E-state index in [1.165, 1.54) is 0 Å². The number of halogens is 1. The van der Waals surface area contributed by atoms with E-state index in [9.17, 15) is 9.59 Å². The molecule has 5 nitrogen and oxygen atoms in total. The third-order valence-corrected chi connectivity index (χ3v) is 5.74. The van der Waals surface area contributed by atoms with E-state index in [-0.39, 0.29) is 17.7 Å². The molecule has 0 aromatic heterocycles. The quantitative estimate of drug-likeness (QED) is 0.644. The Balaban J connectivity index is 1.53. The number of hydrogen-bond acceptors (Lipinski definition) is 3. The van der Waals surface area contributed by atoms with E-state index in [0.29, 0.717) is 29.4 Å². The van der Waals surface area contributed by atoms with E-state index in [4.69, 9.17) is 16.3 Å². The standard InChI is InChI=1S/C24H23ClN2O3/c1-30-22-12-11-21(19-9-2-3-10-20(19)22)24(29)27-13-5-6-16(15-27)23(28)26-18-8-4-7-17(25)14-18/h2-4,7-12,14,16H,5-6,13,15H2,1H3,(H,26,28). The summed E-state index contributed by atoms with van der Waals surface area (Å²) < 4.78 is 5.43. The summed E-state index contributed by atoms with van der Waals surface area (Å²) in [5, 5.41) is 5.24. The maximum absolute atomic E-state index is 13.3. The number of amides is 2. The highest BCUT2D eigenvalue weighted by atomic mass is 35.5. The van der Waals surface area contributed by atoms with Crippen molar-refractivity contribution in [1.82, 2.24) is 4.90 Å². The minimum absolute atomic E-state index is 0.0610. The molecule has 1 aliphatic rings. The molecule has 4 rings (SSSR count). The van der Waals surface area contributed by atoms with Crippen LogP contribution >= 0.6 is 11.6 Å². The monoisotopic (exact) mass is 422 g/mol. The van der Waals surface area contributed by atoms with Gasteiger partial charge in [-0.05, 0) is 48.6 Å². The van der Waals surface area contributed by atoms with Crippen molar-refractivity contribution in [3.63, 3.8) is 0 Å². The number of piperidine rings is 1. The van der Waals surface area contributed by atoms with Crippen molar-refractivity contribution < 1.29 is 14.3 Å². The smallest absolute Gasteiger partial charge is 0.254 e. The van der Waals surface area contributed by atoms with Gasteiger partial charge in [-0.2, -0.15) is 0 Å². The summed E-state index contributed by atoms with van der Waals surface area (Å²) in [6.07, 6.45) is 1.53. The van der Waals surface area contributed by atoms with Crippen LogP contribution in [0.5, 0.6) is 5.75 Å². The third kappa shape index (κ3) is 4.12. The maximum Gasteiger partial charge on any atom is 0.254 e. The van der Waals surface area contributed by atoms with Crippen LogP contribution in [0.3, 0.4) is 0 Å². The molecule has 0 saturated carbocycles. The van der Waals surface area contributed by atoms with Crippen LogP contribution in [0.4, 0.5) is 5.69 Å². The summed E-state index contributed by atoms with van der Waals surface area (Å²) in [4.78, 5) is 27.9. The van der Waals surface area contributed by atoms with Crippen LogP contribution in [0.15, 0.2) is 60.7 Å². The van der Waals surface area contributed by atoms with Gasteiger partial charge in [-0.3, -0.25) is 9.59 Å². The highest BCUT2D eigenvalue weighted by Gasteiger charge is 2.29. The van der Waals surface area contributed by atoms with Gasteiger partial charge in [-0.15, -0.1) is 0 Å². The molecule has 0 spiro atoms. The first-order chi connectivity index (χ1) is 14.6. The van der Waals surface area contributed by atoms with Gasteiger partial charge in [-0.1, -0.05) is 41.9 Å². The molecule has 0 aliphatic carbocycles. The van der Waals surface area contributed by atoms with E-state index in [2.05, 4.69) is 5.32 Å². The summed E-state index contributed by atoms with van der Waals surface area (Å²) in [7, 11) is 1.62. The first kappa shape index (κ1) is 20.2. The van der Waals surface area contributed by atoms with Crippen LogP contribution in [-0.2, 0) is 4.79 Å². The number of anilines is 1. The van der Waals surface area contributed by atoms with Crippen molar-refractivity contribution >= 4 is 39.9 Å². The number of hydrogen-bond donors (Lipinski definition) is 1. The normalized spacial score (nSPS) is 16.3. The van der Waals surface area contributed by atoms with Crippen molar-refractivity contribution in [1.29, 1.82) is 0 Å². The number of methoxy groups -OCH3 is 1. The summed E-state index contributed by atoms with van der Waals surface area (Å²) in [5.74, 6) is 0.328. The summed E-state index contributed by atoms with van der Waals surface area (Å²) in [5.41, 5.74) is 1.29. The number of carbonyl (C=O) groups is 2. The highest BCUT2D eigenvalue weighted by Crippen LogP contribution is 2.30. The SMILES string of the molecule is COc1ccc(C(=O)N2CCCC(C(=O)Nc3cccc(Cl)c3)C2)c2ccccc12. The Hall–Kier alpha value is -3.05. The molecule has 1 N–H and O–H groups in total. The predicted octanol–water partition coefficient (Wildman–Crippen LogP) is 4.99. The van der Waals surface area contributed by atoms with Crippen LogP contribution < -0.4 is 10.1 Å². The third-order valence-electron chi connectivity index (χ3n) is 5.51. The zero-order valence-corrected chi connectivity index (χ0v) is 17.5. The molecule has 0 radical (unpaired) electrons. The van der Waals surface area contributed by atoms with E-state index >= 15 is 0 Å². The minimum Gasteiger partial charge on any atom is -0.496 e. The predicted molar refractivity (Wildman–Crippen MR) is 119 cm³/mol. The Bertz CT molecular complexity index is 1100. The van der Waals surface area contributed by atoms with Crippen LogP contribution in [0, 0.1) is 5.92 Å². The van der Waals surface area contributed by atoms with Crippen molar-refractivity contribution in [3.8, 4) is 5.75 Å². The van der Waals surface area contributed by atoms with Gasteiger partial charge >= 0.3 is 0 Å². The Morgan fingerprint density at radius 1 is 1.07 bits per heavy atom. The molecule has 1 heterocycles. The van der Waals surface area contributed by atoms with Crippen LogP contribution in [0.25, 0.3) is 10.8 Å². The number of carbonyl (C=O) groups excluding carboxylic acids is 2. The molecule has 1 unspecified atom stereocenters. The highest BCUT2D eigenvalue weighted by molar-refractivity contribution is 6.30. The molecule has 6 heteroatoms. The molecule has 2 amide bonds. The zero-order valence-electron chi connectivity index (χ0n) is 16.7. The zero-order chi connectivity index (χ0) is 21.1. The Morgan fingerprint density at radius 2 is 1.87 bits per heavy atom. The number of likely N-dealkylation sites (tertiary alicyclic amines) is 1. The van der Waals surface area contributed by atoms with Gasteiger partial charge in [0.2, 0.25) is 5.91 Å². The van der Waals surface area contributed by atoms with E-state index in [0.717, 1.165) is 29.4 Å². The second kappa shape index (κ2) is 8.76. The first-order valence-electron chi connectivity index (χ1n) is 9.98.